The second-order valence-electron chi connectivity index (χ2n) is 6.91. The first-order valence-electron chi connectivity index (χ1n) is 8.14. The number of rotatable bonds is 5. The summed E-state index contributed by atoms with van der Waals surface area (Å²) in [6.45, 7) is 5.36. The molecule has 1 N–H and O–H groups in total. The van der Waals surface area contributed by atoms with Gasteiger partial charge in [-0.25, -0.2) is 0 Å². The van der Waals surface area contributed by atoms with Crippen LogP contribution in [0, 0.1) is 5.41 Å². The average molecular weight is 289 g/mol. The first-order chi connectivity index (χ1) is 10.2. The third-order valence-corrected chi connectivity index (χ3v) is 5.23. The Labute approximate surface area is 128 Å². The van der Waals surface area contributed by atoms with Crippen LogP contribution in [-0.4, -0.2) is 32.9 Å². The van der Waals surface area contributed by atoms with Crippen molar-refractivity contribution in [2.24, 2.45) is 5.41 Å². The number of nitrogens with one attached hydrogen (secondary N) is 1. The summed E-state index contributed by atoms with van der Waals surface area (Å²) in [5, 5.41) is 3.77. The number of benzene rings is 1. The van der Waals surface area contributed by atoms with Gasteiger partial charge in [-0.1, -0.05) is 25.1 Å². The van der Waals surface area contributed by atoms with Crippen LogP contribution in [0.4, 0.5) is 0 Å². The van der Waals surface area contributed by atoms with Crippen LogP contribution in [0.1, 0.15) is 44.1 Å². The molecule has 2 fully saturated rings. The number of hydrogen-bond donors (Lipinski definition) is 1. The average Bonchev–Trinajstić information content (AvgIpc) is 2.47. The molecule has 0 aromatic heterocycles. The van der Waals surface area contributed by atoms with Crippen LogP contribution in [0.2, 0.25) is 0 Å². The number of methoxy groups -OCH3 is 1. The van der Waals surface area contributed by atoms with Crippen molar-refractivity contribution in [2.45, 2.75) is 44.6 Å². The molecule has 0 unspecified atom stereocenters. The highest BCUT2D eigenvalue weighted by molar-refractivity contribution is 5.37. The molecule has 1 aliphatic heterocycles. The molecule has 2 aliphatic rings. The van der Waals surface area contributed by atoms with Crippen LogP contribution in [0.15, 0.2) is 24.3 Å². The summed E-state index contributed by atoms with van der Waals surface area (Å²) >= 11 is 0. The Bertz CT molecular complexity index is 462. The zero-order valence-corrected chi connectivity index (χ0v) is 13.2. The quantitative estimate of drug-likeness (QED) is 0.901. The summed E-state index contributed by atoms with van der Waals surface area (Å²) < 4.78 is 10.9. The van der Waals surface area contributed by atoms with E-state index in [0.29, 0.717) is 17.4 Å². The van der Waals surface area contributed by atoms with E-state index < -0.39 is 0 Å². The van der Waals surface area contributed by atoms with Gasteiger partial charge < -0.3 is 14.8 Å². The molecule has 1 saturated heterocycles. The van der Waals surface area contributed by atoms with Crippen molar-refractivity contribution in [3.63, 3.8) is 0 Å². The lowest BCUT2D eigenvalue weighted by atomic mass is 9.74. The fourth-order valence-electron chi connectivity index (χ4n) is 3.47. The Morgan fingerprint density at radius 1 is 1.24 bits per heavy atom. The van der Waals surface area contributed by atoms with E-state index in [1.807, 2.05) is 6.07 Å². The molecule has 1 heterocycles. The first kappa shape index (κ1) is 14.9. The maximum atomic E-state index is 5.47. The van der Waals surface area contributed by atoms with Gasteiger partial charge in [0.15, 0.2) is 0 Å². The lowest BCUT2D eigenvalue weighted by molar-refractivity contribution is 0.0211. The summed E-state index contributed by atoms with van der Waals surface area (Å²) in [5.74, 6) is 1.69. The second-order valence-corrected chi connectivity index (χ2v) is 6.91. The van der Waals surface area contributed by atoms with E-state index in [1.54, 1.807) is 7.11 Å². The van der Waals surface area contributed by atoms with E-state index in [-0.39, 0.29) is 0 Å². The molecule has 1 aliphatic carbocycles. The van der Waals surface area contributed by atoms with Gasteiger partial charge >= 0.3 is 0 Å². The Hall–Kier alpha value is -1.06. The van der Waals surface area contributed by atoms with Gasteiger partial charge in [0, 0.05) is 25.8 Å². The fraction of sp³-hybridized carbons (Fsp3) is 0.667. The smallest absolute Gasteiger partial charge is 0.122 e. The molecule has 116 valence electrons. The minimum absolute atomic E-state index is 0.424. The lowest BCUT2D eigenvalue weighted by Crippen LogP contribution is -2.46. The maximum absolute atomic E-state index is 5.47. The van der Waals surface area contributed by atoms with Crippen LogP contribution in [0.25, 0.3) is 0 Å². The van der Waals surface area contributed by atoms with Gasteiger partial charge in [0.25, 0.3) is 0 Å². The zero-order chi connectivity index (χ0) is 14.7. The van der Waals surface area contributed by atoms with E-state index in [0.717, 1.165) is 25.5 Å². The van der Waals surface area contributed by atoms with Crippen LogP contribution >= 0.6 is 0 Å². The predicted octanol–water partition coefficient (Wildman–Crippen LogP) is 3.35. The van der Waals surface area contributed by atoms with Gasteiger partial charge in [0.2, 0.25) is 0 Å². The molecular weight excluding hydrogens is 262 g/mol. The molecule has 21 heavy (non-hydrogen) atoms. The van der Waals surface area contributed by atoms with Crippen molar-refractivity contribution in [3.8, 4) is 5.75 Å². The van der Waals surface area contributed by atoms with Crippen molar-refractivity contribution < 1.29 is 9.47 Å². The van der Waals surface area contributed by atoms with Crippen LogP contribution in [-0.2, 0) is 4.74 Å². The number of para-hydroxylation sites is 1. The van der Waals surface area contributed by atoms with Crippen molar-refractivity contribution in [2.75, 3.05) is 26.9 Å². The van der Waals surface area contributed by atoms with E-state index in [1.165, 1.54) is 31.2 Å². The highest BCUT2D eigenvalue weighted by Crippen LogP contribution is 2.41. The molecule has 3 nitrogen and oxygen atoms in total. The zero-order valence-electron chi connectivity index (χ0n) is 13.2. The molecule has 3 rings (SSSR count). The van der Waals surface area contributed by atoms with Gasteiger partial charge in [-0.3, -0.25) is 0 Å². The molecule has 0 bridgehead atoms. The van der Waals surface area contributed by atoms with E-state index in [4.69, 9.17) is 9.47 Å². The standard InChI is InChI=1S/C18H27NO2/c1-18(7-9-21-10-8-18)13-19-15-11-14(12-15)16-5-3-4-6-17(16)20-2/h3-6,14-15,19H,7-13H2,1-2H3. The SMILES string of the molecule is COc1ccccc1C1CC(NCC2(C)CCOCC2)C1. The Morgan fingerprint density at radius 2 is 1.95 bits per heavy atom. The minimum atomic E-state index is 0.424. The molecular formula is C18H27NO2. The number of ether oxygens (including phenoxy) is 2. The topological polar surface area (TPSA) is 30.5 Å². The van der Waals surface area contributed by atoms with Crippen molar-refractivity contribution >= 4 is 0 Å². The Balaban J connectivity index is 1.47. The largest absolute Gasteiger partial charge is 0.496 e. The molecule has 1 saturated carbocycles. The van der Waals surface area contributed by atoms with Gasteiger partial charge in [-0.05, 0) is 48.6 Å². The predicted molar refractivity (Wildman–Crippen MR) is 84.9 cm³/mol. The summed E-state index contributed by atoms with van der Waals surface area (Å²) in [7, 11) is 1.76. The highest BCUT2D eigenvalue weighted by atomic mass is 16.5. The van der Waals surface area contributed by atoms with Crippen LogP contribution < -0.4 is 10.1 Å². The monoisotopic (exact) mass is 289 g/mol. The molecule has 1 aromatic carbocycles. The molecule has 0 atom stereocenters. The fourth-order valence-corrected chi connectivity index (χ4v) is 3.47. The first-order valence-corrected chi connectivity index (χ1v) is 8.14. The summed E-state index contributed by atoms with van der Waals surface area (Å²) in [4.78, 5) is 0. The molecule has 0 spiro atoms. The third-order valence-electron chi connectivity index (χ3n) is 5.23. The van der Waals surface area contributed by atoms with Gasteiger partial charge in [-0.2, -0.15) is 0 Å². The lowest BCUT2D eigenvalue weighted by Gasteiger charge is -2.41. The normalized spacial score (nSPS) is 27.9. The molecule has 0 radical (unpaired) electrons. The van der Waals surface area contributed by atoms with E-state index in [9.17, 15) is 0 Å². The summed E-state index contributed by atoms with van der Waals surface area (Å²) in [6, 6.07) is 9.10. The Morgan fingerprint density at radius 3 is 2.67 bits per heavy atom. The summed E-state index contributed by atoms with van der Waals surface area (Å²) in [6.07, 6.45) is 4.82. The van der Waals surface area contributed by atoms with Crippen LogP contribution in [0.5, 0.6) is 5.75 Å². The van der Waals surface area contributed by atoms with E-state index >= 15 is 0 Å². The van der Waals surface area contributed by atoms with Gasteiger partial charge in [-0.15, -0.1) is 0 Å². The van der Waals surface area contributed by atoms with Gasteiger partial charge in [0.1, 0.15) is 5.75 Å². The van der Waals surface area contributed by atoms with Crippen molar-refractivity contribution in [1.82, 2.24) is 5.32 Å². The maximum Gasteiger partial charge on any atom is 0.122 e. The molecule has 1 aromatic rings. The van der Waals surface area contributed by atoms with Crippen molar-refractivity contribution in [1.29, 1.82) is 0 Å². The van der Waals surface area contributed by atoms with Crippen molar-refractivity contribution in [3.05, 3.63) is 29.8 Å². The molecule has 3 heteroatoms. The second kappa shape index (κ2) is 6.37. The minimum Gasteiger partial charge on any atom is -0.496 e. The van der Waals surface area contributed by atoms with Gasteiger partial charge in [0.05, 0.1) is 7.11 Å². The summed E-state index contributed by atoms with van der Waals surface area (Å²) in [5.41, 5.74) is 1.80. The Kier molecular flexibility index (Phi) is 4.51. The van der Waals surface area contributed by atoms with Crippen LogP contribution in [0.3, 0.4) is 0 Å². The highest BCUT2D eigenvalue weighted by Gasteiger charge is 2.34. The third kappa shape index (κ3) is 3.41. The van der Waals surface area contributed by atoms with E-state index in [2.05, 4.69) is 30.4 Å². The molecule has 0 amide bonds. The number of hydrogen-bond acceptors (Lipinski definition) is 3.